The number of anilines is 1. The molecule has 0 aliphatic heterocycles. The number of likely N-dealkylation sites (N-methyl/N-ethyl adjacent to an activating group) is 1. The smallest absolute Gasteiger partial charge is 0.317 e. The van der Waals surface area contributed by atoms with Crippen molar-refractivity contribution >= 4 is 29.2 Å². The molecule has 0 aliphatic carbocycles. The minimum atomic E-state index is -0.911. The van der Waals surface area contributed by atoms with Gasteiger partial charge in [0.1, 0.15) is 0 Å². The van der Waals surface area contributed by atoms with Gasteiger partial charge in [-0.15, -0.1) is 0 Å². The van der Waals surface area contributed by atoms with E-state index < -0.39 is 5.97 Å². The molecular weight excluding hydrogens is 256 g/mol. The van der Waals surface area contributed by atoms with Gasteiger partial charge in [0.05, 0.1) is 6.54 Å². The van der Waals surface area contributed by atoms with E-state index in [0.717, 1.165) is 0 Å². The third kappa shape index (κ3) is 4.35. The molecule has 0 aliphatic rings. The third-order valence-corrected chi connectivity index (χ3v) is 2.62. The van der Waals surface area contributed by atoms with Crippen LogP contribution in [0.5, 0.6) is 0 Å². The van der Waals surface area contributed by atoms with Crippen molar-refractivity contribution in [1.82, 2.24) is 4.90 Å². The average Bonchev–Trinajstić information content (AvgIpc) is 2.21. The summed E-state index contributed by atoms with van der Waals surface area (Å²) >= 11 is 6.07. The summed E-state index contributed by atoms with van der Waals surface area (Å²) < 4.78 is 0. The van der Waals surface area contributed by atoms with Crippen molar-refractivity contribution in [1.29, 1.82) is 0 Å². The molecule has 0 atom stereocenters. The van der Waals surface area contributed by atoms with E-state index in [-0.39, 0.29) is 12.5 Å². The Morgan fingerprint density at radius 1 is 1.44 bits per heavy atom. The number of hydrogen-bond acceptors (Lipinski definition) is 3. The first-order valence-electron chi connectivity index (χ1n) is 5.35. The number of aliphatic carboxylic acids is 1. The molecule has 0 saturated heterocycles. The molecule has 6 heteroatoms. The number of carbonyl (C=O) groups is 2. The fourth-order valence-electron chi connectivity index (χ4n) is 1.58. The largest absolute Gasteiger partial charge is 0.480 e. The first kappa shape index (κ1) is 14.5. The molecule has 0 radical (unpaired) electrons. The average molecular weight is 271 g/mol. The van der Waals surface area contributed by atoms with Crippen LogP contribution in [0.2, 0.25) is 5.02 Å². The fraction of sp³-hybridized carbons (Fsp3) is 0.333. The number of halogens is 1. The zero-order valence-electron chi connectivity index (χ0n) is 10.2. The van der Waals surface area contributed by atoms with Crippen molar-refractivity contribution in [2.45, 2.75) is 13.5 Å². The molecule has 1 aromatic carbocycles. The lowest BCUT2D eigenvalue weighted by Gasteiger charge is -2.18. The van der Waals surface area contributed by atoms with E-state index in [1.54, 1.807) is 30.1 Å². The second kappa shape index (κ2) is 6.37. The molecule has 98 valence electrons. The summed E-state index contributed by atoms with van der Waals surface area (Å²) in [6.07, 6.45) is 0. The van der Waals surface area contributed by atoms with Crippen molar-refractivity contribution in [3.63, 3.8) is 0 Å². The van der Waals surface area contributed by atoms with E-state index >= 15 is 0 Å². The number of carboxylic acid groups (broad SMARTS) is 1. The molecule has 0 spiro atoms. The van der Waals surface area contributed by atoms with Gasteiger partial charge in [0.15, 0.2) is 0 Å². The summed E-state index contributed by atoms with van der Waals surface area (Å²) in [7, 11) is 1.68. The first-order valence-corrected chi connectivity index (χ1v) is 5.73. The van der Waals surface area contributed by atoms with Gasteiger partial charge in [-0.2, -0.15) is 0 Å². The van der Waals surface area contributed by atoms with Crippen LogP contribution < -0.4 is 5.32 Å². The predicted octanol–water partition coefficient (Wildman–Crippen LogP) is 1.81. The number of nitrogens with zero attached hydrogens (tertiary/aromatic N) is 1. The number of carbonyl (C=O) groups excluding carboxylic acids is 1. The molecule has 5 nitrogen and oxygen atoms in total. The summed E-state index contributed by atoms with van der Waals surface area (Å²) in [6, 6.07) is 5.17. The molecule has 0 heterocycles. The van der Waals surface area contributed by atoms with E-state index in [1.165, 1.54) is 6.92 Å². The molecular formula is C12H15ClN2O3. The van der Waals surface area contributed by atoms with E-state index in [2.05, 4.69) is 5.32 Å². The maximum absolute atomic E-state index is 11.1. The first-order chi connectivity index (χ1) is 8.40. The van der Waals surface area contributed by atoms with Gasteiger partial charge >= 0.3 is 5.97 Å². The predicted molar refractivity (Wildman–Crippen MR) is 69.7 cm³/mol. The standard InChI is InChI=1S/C12H15ClN2O3/c1-8(16)14-11-5-3-4-10(13)9(11)6-15(2)7-12(17)18/h3-5H,6-7H2,1-2H3,(H,14,16)(H,17,18). The minimum absolute atomic E-state index is 0.0925. The maximum Gasteiger partial charge on any atom is 0.317 e. The monoisotopic (exact) mass is 270 g/mol. The normalized spacial score (nSPS) is 10.4. The second-order valence-corrected chi connectivity index (χ2v) is 4.42. The van der Waals surface area contributed by atoms with Gasteiger partial charge < -0.3 is 10.4 Å². The van der Waals surface area contributed by atoms with Gasteiger partial charge in [0.2, 0.25) is 5.91 Å². The summed E-state index contributed by atoms with van der Waals surface area (Å²) in [5, 5.41) is 11.9. The lowest BCUT2D eigenvalue weighted by Crippen LogP contribution is -2.26. The van der Waals surface area contributed by atoms with Crippen molar-refractivity contribution < 1.29 is 14.7 Å². The van der Waals surface area contributed by atoms with Gasteiger partial charge in [-0.05, 0) is 19.2 Å². The maximum atomic E-state index is 11.1. The Morgan fingerprint density at radius 3 is 2.67 bits per heavy atom. The Morgan fingerprint density at radius 2 is 2.11 bits per heavy atom. The van der Waals surface area contributed by atoms with Gasteiger partial charge in [-0.1, -0.05) is 17.7 Å². The molecule has 1 amide bonds. The zero-order chi connectivity index (χ0) is 13.7. The van der Waals surface area contributed by atoms with E-state index in [4.69, 9.17) is 16.7 Å². The number of rotatable bonds is 5. The molecule has 0 fully saturated rings. The van der Waals surface area contributed by atoms with Crippen LogP contribution >= 0.6 is 11.6 Å². The number of amides is 1. The van der Waals surface area contributed by atoms with Gasteiger partial charge in [0, 0.05) is 29.7 Å². The lowest BCUT2D eigenvalue weighted by atomic mass is 10.1. The van der Waals surface area contributed by atoms with Crippen molar-refractivity contribution in [3.8, 4) is 0 Å². The van der Waals surface area contributed by atoms with Crippen molar-refractivity contribution in [2.24, 2.45) is 0 Å². The summed E-state index contributed by atoms with van der Waals surface area (Å²) in [6.45, 7) is 1.66. The number of nitrogens with one attached hydrogen (secondary N) is 1. The zero-order valence-corrected chi connectivity index (χ0v) is 11.0. The van der Waals surface area contributed by atoms with Crippen LogP contribution in [0.3, 0.4) is 0 Å². The van der Waals surface area contributed by atoms with Crippen LogP contribution in [0.25, 0.3) is 0 Å². The number of hydrogen-bond donors (Lipinski definition) is 2. The third-order valence-electron chi connectivity index (χ3n) is 2.26. The SMILES string of the molecule is CC(=O)Nc1cccc(Cl)c1CN(C)CC(=O)O. The molecule has 0 aromatic heterocycles. The van der Waals surface area contributed by atoms with Crippen LogP contribution in [0, 0.1) is 0 Å². The summed E-state index contributed by atoms with van der Waals surface area (Å²) in [4.78, 5) is 23.3. The summed E-state index contributed by atoms with van der Waals surface area (Å²) in [5.41, 5.74) is 1.31. The molecule has 2 N–H and O–H groups in total. The van der Waals surface area contributed by atoms with Crippen LogP contribution in [0.1, 0.15) is 12.5 Å². The van der Waals surface area contributed by atoms with E-state index in [0.29, 0.717) is 22.8 Å². The topological polar surface area (TPSA) is 69.6 Å². The van der Waals surface area contributed by atoms with Crippen LogP contribution in [0.15, 0.2) is 18.2 Å². The Labute approximate surface area is 110 Å². The highest BCUT2D eigenvalue weighted by Crippen LogP contribution is 2.25. The Balaban J connectivity index is 2.91. The van der Waals surface area contributed by atoms with Crippen molar-refractivity contribution in [2.75, 3.05) is 18.9 Å². The fourth-order valence-corrected chi connectivity index (χ4v) is 1.82. The quantitative estimate of drug-likeness (QED) is 0.856. The Kier molecular flexibility index (Phi) is 5.12. The van der Waals surface area contributed by atoms with E-state index in [1.807, 2.05) is 0 Å². The molecule has 0 unspecified atom stereocenters. The molecule has 1 aromatic rings. The van der Waals surface area contributed by atoms with Crippen LogP contribution in [0.4, 0.5) is 5.69 Å². The molecule has 0 saturated carbocycles. The van der Waals surface area contributed by atoms with Crippen LogP contribution in [-0.4, -0.2) is 35.5 Å². The molecule has 18 heavy (non-hydrogen) atoms. The van der Waals surface area contributed by atoms with Gasteiger partial charge in [-0.25, -0.2) is 0 Å². The van der Waals surface area contributed by atoms with E-state index in [9.17, 15) is 9.59 Å². The Hall–Kier alpha value is -1.59. The lowest BCUT2D eigenvalue weighted by molar-refractivity contribution is -0.138. The highest BCUT2D eigenvalue weighted by Gasteiger charge is 2.12. The second-order valence-electron chi connectivity index (χ2n) is 4.01. The Bertz CT molecular complexity index is 463. The highest BCUT2D eigenvalue weighted by molar-refractivity contribution is 6.31. The highest BCUT2D eigenvalue weighted by atomic mass is 35.5. The summed E-state index contributed by atoms with van der Waals surface area (Å²) in [5.74, 6) is -1.11. The molecule has 1 rings (SSSR count). The van der Waals surface area contributed by atoms with Gasteiger partial charge in [-0.3, -0.25) is 14.5 Å². The van der Waals surface area contributed by atoms with Gasteiger partial charge in [0.25, 0.3) is 0 Å². The minimum Gasteiger partial charge on any atom is -0.480 e. The number of carboxylic acids is 1. The van der Waals surface area contributed by atoms with Crippen molar-refractivity contribution in [3.05, 3.63) is 28.8 Å². The van der Waals surface area contributed by atoms with Crippen LogP contribution in [-0.2, 0) is 16.1 Å². The molecule has 0 bridgehead atoms. The number of benzene rings is 1.